The van der Waals surface area contributed by atoms with Crippen molar-refractivity contribution in [2.75, 3.05) is 15.5 Å². The molecule has 0 radical (unpaired) electrons. The highest BCUT2D eigenvalue weighted by Crippen LogP contribution is 2.35. The van der Waals surface area contributed by atoms with Gasteiger partial charge in [-0.25, -0.2) is 19.5 Å². The quantitative estimate of drug-likeness (QED) is 0.337. The summed E-state index contributed by atoms with van der Waals surface area (Å²) >= 11 is 0. The monoisotopic (exact) mass is 526 g/mol. The molecule has 0 atom stereocenters. The van der Waals surface area contributed by atoms with Crippen LogP contribution in [0, 0.1) is 0 Å². The van der Waals surface area contributed by atoms with Crippen LogP contribution in [-0.4, -0.2) is 42.4 Å². The Kier molecular flexibility index (Phi) is 6.88. The first kappa shape index (κ1) is 25.7. The van der Waals surface area contributed by atoms with Crippen LogP contribution in [0.4, 0.5) is 38.5 Å². The molecule has 11 nitrogen and oxygen atoms in total. The molecule has 5 rings (SSSR count). The minimum absolute atomic E-state index is 0.247. The van der Waals surface area contributed by atoms with Gasteiger partial charge in [0.05, 0.1) is 12.2 Å². The van der Waals surface area contributed by atoms with Gasteiger partial charge in [0.1, 0.15) is 5.60 Å². The zero-order valence-corrected chi connectivity index (χ0v) is 22.3. The number of carbonyl (C=O) groups is 2. The number of aromatic nitrogens is 4. The van der Waals surface area contributed by atoms with Gasteiger partial charge in [0.25, 0.3) is 0 Å². The number of fused-ring (bicyclic) bond motifs is 1. The number of carbonyl (C=O) groups excluding carboxylic acids is 2. The average Bonchev–Trinajstić information content (AvgIpc) is 3.28. The van der Waals surface area contributed by atoms with Gasteiger partial charge in [-0.3, -0.25) is 10.00 Å². The highest BCUT2D eigenvalue weighted by Gasteiger charge is 2.34. The van der Waals surface area contributed by atoms with Crippen LogP contribution in [0.25, 0.3) is 0 Å². The van der Waals surface area contributed by atoms with E-state index in [1.807, 2.05) is 37.4 Å². The van der Waals surface area contributed by atoms with Crippen LogP contribution in [0.15, 0.2) is 73.1 Å². The Bertz CT molecular complexity index is 1500. The van der Waals surface area contributed by atoms with Crippen molar-refractivity contribution in [1.82, 2.24) is 24.6 Å². The standard InChI is InChI=1S/C28H30N8O3/c1-28(2,3)39-26(37)30-21-11-8-12-22(15-21)36-24-20(16-29-25(32-24)31-23-13-14-34(4)33-23)18-35(27(36)38)17-19-9-6-5-7-10-19/h5-16H,17-18H2,1-4H3,(H,30,37)(H,29,31,32,33). The van der Waals surface area contributed by atoms with Crippen molar-refractivity contribution < 1.29 is 14.3 Å². The lowest BCUT2D eigenvalue weighted by Gasteiger charge is -2.36. The third-order valence-corrected chi connectivity index (χ3v) is 5.80. The molecule has 2 N–H and O–H groups in total. The SMILES string of the molecule is Cn1ccc(Nc2ncc3c(n2)N(c2cccc(NC(=O)OC(C)(C)C)c2)C(=O)N(Cc2ccccc2)C3)n1. The maximum absolute atomic E-state index is 13.9. The average molecular weight is 527 g/mol. The van der Waals surface area contributed by atoms with E-state index < -0.39 is 11.7 Å². The topological polar surface area (TPSA) is 118 Å². The number of hydrogen-bond donors (Lipinski definition) is 2. The van der Waals surface area contributed by atoms with Crippen molar-refractivity contribution in [1.29, 1.82) is 0 Å². The van der Waals surface area contributed by atoms with Crippen molar-refractivity contribution in [2.24, 2.45) is 7.05 Å². The maximum Gasteiger partial charge on any atom is 0.412 e. The molecule has 3 amide bonds. The van der Waals surface area contributed by atoms with Crippen molar-refractivity contribution in [2.45, 2.75) is 39.5 Å². The molecule has 11 heteroatoms. The largest absolute Gasteiger partial charge is 0.444 e. The molecule has 2 aromatic carbocycles. The Labute approximate surface area is 226 Å². The molecule has 0 saturated heterocycles. The lowest BCUT2D eigenvalue weighted by molar-refractivity contribution is 0.0636. The molecule has 3 heterocycles. The first-order chi connectivity index (χ1) is 18.6. The van der Waals surface area contributed by atoms with Crippen LogP contribution < -0.4 is 15.5 Å². The molecule has 0 aliphatic carbocycles. The predicted molar refractivity (Wildman–Crippen MR) is 148 cm³/mol. The minimum atomic E-state index is -0.644. The number of anilines is 5. The summed E-state index contributed by atoms with van der Waals surface area (Å²) in [4.78, 5) is 38.8. The van der Waals surface area contributed by atoms with Crippen LogP contribution >= 0.6 is 0 Å². The van der Waals surface area contributed by atoms with Gasteiger partial charge in [-0.1, -0.05) is 36.4 Å². The molecule has 200 valence electrons. The number of benzene rings is 2. The van der Waals surface area contributed by atoms with Crippen LogP contribution in [0.3, 0.4) is 0 Å². The lowest BCUT2D eigenvalue weighted by atomic mass is 10.1. The summed E-state index contributed by atoms with van der Waals surface area (Å²) < 4.78 is 7.05. The van der Waals surface area contributed by atoms with Gasteiger partial charge in [0.15, 0.2) is 11.6 Å². The van der Waals surface area contributed by atoms with E-state index in [-0.39, 0.29) is 6.03 Å². The maximum atomic E-state index is 13.9. The summed E-state index contributed by atoms with van der Waals surface area (Å²) in [5, 5.41) is 10.2. The van der Waals surface area contributed by atoms with E-state index in [2.05, 4.69) is 20.7 Å². The molecule has 0 fully saturated rings. The number of hydrogen-bond acceptors (Lipinski definition) is 7. The smallest absolute Gasteiger partial charge is 0.412 e. The number of amides is 3. The molecule has 0 saturated carbocycles. The Morgan fingerprint density at radius 3 is 2.59 bits per heavy atom. The van der Waals surface area contributed by atoms with E-state index >= 15 is 0 Å². The van der Waals surface area contributed by atoms with Gasteiger partial charge in [-0.2, -0.15) is 10.1 Å². The fraction of sp³-hybridized carbons (Fsp3) is 0.250. The number of ether oxygens (including phenoxy) is 1. The molecule has 2 aromatic heterocycles. The van der Waals surface area contributed by atoms with Gasteiger partial charge in [0, 0.05) is 43.3 Å². The molecule has 0 bridgehead atoms. The molecule has 0 spiro atoms. The van der Waals surface area contributed by atoms with Gasteiger partial charge in [0.2, 0.25) is 5.95 Å². The van der Waals surface area contributed by atoms with Gasteiger partial charge >= 0.3 is 12.1 Å². The molecular weight excluding hydrogens is 496 g/mol. The fourth-order valence-corrected chi connectivity index (χ4v) is 4.17. The summed E-state index contributed by atoms with van der Waals surface area (Å²) in [7, 11) is 1.82. The Balaban J connectivity index is 1.50. The Hall–Kier alpha value is -4.93. The second-order valence-electron chi connectivity index (χ2n) is 10.2. The van der Waals surface area contributed by atoms with Crippen LogP contribution in [0.2, 0.25) is 0 Å². The summed E-state index contributed by atoms with van der Waals surface area (Å²) in [6.45, 7) is 6.15. The van der Waals surface area contributed by atoms with E-state index in [9.17, 15) is 9.59 Å². The van der Waals surface area contributed by atoms with E-state index in [1.165, 1.54) is 4.90 Å². The van der Waals surface area contributed by atoms with Crippen molar-refractivity contribution in [3.05, 3.63) is 84.2 Å². The Morgan fingerprint density at radius 2 is 1.87 bits per heavy atom. The summed E-state index contributed by atoms with van der Waals surface area (Å²) in [6.07, 6.45) is 2.94. The van der Waals surface area contributed by atoms with Crippen molar-refractivity contribution in [3.63, 3.8) is 0 Å². The first-order valence-electron chi connectivity index (χ1n) is 12.5. The summed E-state index contributed by atoms with van der Waals surface area (Å²) in [5.74, 6) is 1.34. The highest BCUT2D eigenvalue weighted by molar-refractivity contribution is 6.01. The zero-order chi connectivity index (χ0) is 27.6. The minimum Gasteiger partial charge on any atom is -0.444 e. The lowest BCUT2D eigenvalue weighted by Crippen LogP contribution is -2.45. The molecule has 0 unspecified atom stereocenters. The number of nitrogens with zero attached hydrogens (tertiary/aromatic N) is 6. The highest BCUT2D eigenvalue weighted by atomic mass is 16.6. The first-order valence-corrected chi connectivity index (χ1v) is 12.5. The predicted octanol–water partition coefficient (Wildman–Crippen LogP) is 5.57. The van der Waals surface area contributed by atoms with Gasteiger partial charge in [-0.15, -0.1) is 0 Å². The van der Waals surface area contributed by atoms with E-state index in [4.69, 9.17) is 9.72 Å². The van der Waals surface area contributed by atoms with Gasteiger partial charge in [-0.05, 0) is 44.5 Å². The van der Waals surface area contributed by atoms with Crippen molar-refractivity contribution in [3.8, 4) is 0 Å². The molecule has 1 aliphatic heterocycles. The summed E-state index contributed by atoms with van der Waals surface area (Å²) in [6, 6.07) is 18.4. The summed E-state index contributed by atoms with van der Waals surface area (Å²) in [5.41, 5.74) is 2.16. The van der Waals surface area contributed by atoms with Crippen LogP contribution in [-0.2, 0) is 24.9 Å². The fourth-order valence-electron chi connectivity index (χ4n) is 4.17. The van der Waals surface area contributed by atoms with E-state index in [0.717, 1.165) is 11.1 Å². The molecule has 39 heavy (non-hydrogen) atoms. The normalized spacial score (nSPS) is 13.2. The second kappa shape index (κ2) is 10.4. The number of rotatable bonds is 6. The zero-order valence-electron chi connectivity index (χ0n) is 22.3. The van der Waals surface area contributed by atoms with Crippen LogP contribution in [0.1, 0.15) is 31.9 Å². The number of nitrogens with one attached hydrogen (secondary N) is 2. The molecule has 1 aliphatic rings. The molecule has 4 aromatic rings. The Morgan fingerprint density at radius 1 is 1.08 bits per heavy atom. The van der Waals surface area contributed by atoms with Gasteiger partial charge < -0.3 is 15.0 Å². The number of urea groups is 1. The van der Waals surface area contributed by atoms with Crippen molar-refractivity contribution >= 4 is 41.1 Å². The van der Waals surface area contributed by atoms with Crippen LogP contribution in [0.5, 0.6) is 0 Å². The molecular formula is C28H30N8O3. The van der Waals surface area contributed by atoms with E-state index in [0.29, 0.717) is 42.0 Å². The second-order valence-corrected chi connectivity index (χ2v) is 10.2. The van der Waals surface area contributed by atoms with E-state index in [1.54, 1.807) is 73.1 Å². The third-order valence-electron chi connectivity index (χ3n) is 5.80. The number of aryl methyl sites for hydroxylation is 1. The third kappa shape index (κ3) is 6.15.